The second-order valence-corrected chi connectivity index (χ2v) is 8.33. The number of fused-ring (bicyclic) bond motifs is 1. The van der Waals surface area contributed by atoms with Gasteiger partial charge in [0, 0.05) is 26.0 Å². The molecule has 0 amide bonds. The number of aromatic nitrogens is 2. The summed E-state index contributed by atoms with van der Waals surface area (Å²) in [6, 6.07) is 5.12. The molecule has 0 atom stereocenters. The summed E-state index contributed by atoms with van der Waals surface area (Å²) in [6.07, 6.45) is 3.87. The zero-order valence-electron chi connectivity index (χ0n) is 14.5. The van der Waals surface area contributed by atoms with E-state index in [-0.39, 0.29) is 4.90 Å². The van der Waals surface area contributed by atoms with Gasteiger partial charge in [0.2, 0.25) is 0 Å². The van der Waals surface area contributed by atoms with E-state index in [0.29, 0.717) is 28.6 Å². The van der Waals surface area contributed by atoms with Crippen molar-refractivity contribution in [1.82, 2.24) is 9.78 Å². The molecule has 1 aliphatic carbocycles. The molecule has 1 N–H and O–H groups in total. The van der Waals surface area contributed by atoms with Crippen LogP contribution in [0.3, 0.4) is 0 Å². The second kappa shape index (κ2) is 5.39. The van der Waals surface area contributed by atoms with E-state index in [2.05, 4.69) is 9.82 Å². The molecule has 8 heteroatoms. The lowest BCUT2D eigenvalue weighted by Gasteiger charge is -2.21. The molecule has 1 aromatic heterocycles. The van der Waals surface area contributed by atoms with Crippen LogP contribution in [0.1, 0.15) is 37.1 Å². The van der Waals surface area contributed by atoms with Gasteiger partial charge in [-0.05, 0) is 38.8 Å². The van der Waals surface area contributed by atoms with E-state index in [9.17, 15) is 8.42 Å². The van der Waals surface area contributed by atoms with Crippen molar-refractivity contribution in [2.75, 3.05) is 4.72 Å². The molecule has 0 bridgehead atoms. The summed E-state index contributed by atoms with van der Waals surface area (Å²) in [6.45, 7) is 3.42. The monoisotopic (exact) mass is 363 g/mol. The molecule has 25 heavy (non-hydrogen) atoms. The molecule has 134 valence electrons. The number of hydrogen-bond acceptors (Lipinski definition) is 5. The molecule has 1 aromatic carbocycles. The number of sulfonamides is 1. The van der Waals surface area contributed by atoms with Crippen LogP contribution in [-0.2, 0) is 17.1 Å². The predicted molar refractivity (Wildman–Crippen MR) is 92.4 cm³/mol. The highest BCUT2D eigenvalue weighted by Gasteiger charge is 2.44. The minimum absolute atomic E-state index is 0.208. The third-order valence-corrected chi connectivity index (χ3v) is 6.50. The number of anilines is 1. The molecule has 4 rings (SSSR count). The van der Waals surface area contributed by atoms with Gasteiger partial charge in [0.25, 0.3) is 15.8 Å². The Balaban J connectivity index is 1.62. The molecule has 1 saturated carbocycles. The van der Waals surface area contributed by atoms with E-state index < -0.39 is 15.8 Å². The highest BCUT2D eigenvalue weighted by atomic mass is 32.2. The predicted octanol–water partition coefficient (Wildman–Crippen LogP) is 2.88. The van der Waals surface area contributed by atoms with Crippen LogP contribution in [0.2, 0.25) is 0 Å². The molecule has 1 spiro atoms. The zero-order valence-corrected chi connectivity index (χ0v) is 15.3. The minimum Gasteiger partial charge on any atom is -0.448 e. The quantitative estimate of drug-likeness (QED) is 0.907. The molecule has 1 aliphatic heterocycles. The van der Waals surface area contributed by atoms with Crippen LogP contribution in [0.5, 0.6) is 11.5 Å². The van der Waals surface area contributed by atoms with E-state index in [4.69, 9.17) is 9.47 Å². The number of ether oxygens (including phenoxy) is 2. The van der Waals surface area contributed by atoms with Gasteiger partial charge in [-0.1, -0.05) is 0 Å². The van der Waals surface area contributed by atoms with Crippen molar-refractivity contribution in [2.24, 2.45) is 7.05 Å². The smallest absolute Gasteiger partial charge is 0.265 e. The number of nitrogens with one attached hydrogen (secondary N) is 1. The molecule has 2 aliphatic rings. The van der Waals surface area contributed by atoms with Gasteiger partial charge in [-0.25, -0.2) is 8.42 Å². The lowest BCUT2D eigenvalue weighted by atomic mass is 10.2. The number of aryl methyl sites for hydroxylation is 2. The van der Waals surface area contributed by atoms with Crippen LogP contribution < -0.4 is 14.2 Å². The summed E-state index contributed by atoms with van der Waals surface area (Å²) < 4.78 is 41.7. The highest BCUT2D eigenvalue weighted by molar-refractivity contribution is 7.92. The first-order chi connectivity index (χ1) is 11.8. The molecule has 2 heterocycles. The maximum Gasteiger partial charge on any atom is 0.265 e. The Bertz CT molecular complexity index is 943. The van der Waals surface area contributed by atoms with E-state index >= 15 is 0 Å². The molecular weight excluding hydrogens is 342 g/mol. The molecular formula is C17H21N3O4S. The Labute approximate surface area is 147 Å². The van der Waals surface area contributed by atoms with Crippen LogP contribution in [0.25, 0.3) is 0 Å². The number of benzene rings is 1. The molecule has 2 aromatic rings. The van der Waals surface area contributed by atoms with Gasteiger partial charge >= 0.3 is 0 Å². The zero-order chi connectivity index (χ0) is 17.8. The van der Waals surface area contributed by atoms with Crippen LogP contribution in [-0.4, -0.2) is 24.0 Å². The summed E-state index contributed by atoms with van der Waals surface area (Å²) in [7, 11) is -2.00. The Hall–Kier alpha value is -2.22. The van der Waals surface area contributed by atoms with Crippen molar-refractivity contribution in [3.8, 4) is 11.5 Å². The van der Waals surface area contributed by atoms with Gasteiger partial charge in [0.15, 0.2) is 11.5 Å². The van der Waals surface area contributed by atoms with Gasteiger partial charge in [-0.15, -0.1) is 0 Å². The molecule has 1 fully saturated rings. The Morgan fingerprint density at radius 2 is 1.84 bits per heavy atom. The van der Waals surface area contributed by atoms with Gasteiger partial charge in [-0.2, -0.15) is 5.10 Å². The van der Waals surface area contributed by atoms with Crippen molar-refractivity contribution in [3.05, 3.63) is 29.6 Å². The van der Waals surface area contributed by atoms with Crippen LogP contribution in [0.4, 0.5) is 5.69 Å². The van der Waals surface area contributed by atoms with Crippen LogP contribution in [0.15, 0.2) is 23.1 Å². The van der Waals surface area contributed by atoms with Crippen LogP contribution in [0, 0.1) is 13.8 Å². The van der Waals surface area contributed by atoms with Gasteiger partial charge in [0.05, 0.1) is 17.1 Å². The number of rotatable bonds is 3. The van der Waals surface area contributed by atoms with E-state index in [0.717, 1.165) is 25.7 Å². The topological polar surface area (TPSA) is 82.5 Å². The summed E-state index contributed by atoms with van der Waals surface area (Å²) in [5.41, 5.74) is 1.51. The summed E-state index contributed by atoms with van der Waals surface area (Å²) in [5, 5.41) is 4.18. The summed E-state index contributed by atoms with van der Waals surface area (Å²) in [4.78, 5) is 0.208. The van der Waals surface area contributed by atoms with Gasteiger partial charge < -0.3 is 9.47 Å². The first-order valence-corrected chi connectivity index (χ1v) is 9.83. The largest absolute Gasteiger partial charge is 0.448 e. The van der Waals surface area contributed by atoms with Crippen molar-refractivity contribution < 1.29 is 17.9 Å². The Kier molecular flexibility index (Phi) is 3.50. The number of hydrogen-bond donors (Lipinski definition) is 1. The van der Waals surface area contributed by atoms with Crippen molar-refractivity contribution in [1.29, 1.82) is 0 Å². The van der Waals surface area contributed by atoms with Crippen molar-refractivity contribution in [3.63, 3.8) is 0 Å². The van der Waals surface area contributed by atoms with E-state index in [1.165, 1.54) is 0 Å². The molecule has 0 unspecified atom stereocenters. The van der Waals surface area contributed by atoms with Gasteiger partial charge in [-0.3, -0.25) is 9.40 Å². The van der Waals surface area contributed by atoms with Crippen molar-refractivity contribution in [2.45, 2.75) is 50.2 Å². The Morgan fingerprint density at radius 3 is 2.48 bits per heavy atom. The summed E-state index contributed by atoms with van der Waals surface area (Å²) >= 11 is 0. The standard InChI is InChI=1S/C17H21N3O4S/c1-11-16(12(2)20(3)18-11)25(21,22)19-13-6-7-14-15(10-13)24-17(23-14)8-4-5-9-17/h6-7,10,19H,4-5,8-9H2,1-3H3. The first kappa shape index (κ1) is 16.3. The fraction of sp³-hybridized carbons (Fsp3) is 0.471. The van der Waals surface area contributed by atoms with E-state index in [1.807, 2.05) is 0 Å². The lowest BCUT2D eigenvalue weighted by molar-refractivity contribution is -0.0716. The van der Waals surface area contributed by atoms with Crippen molar-refractivity contribution >= 4 is 15.7 Å². The maximum atomic E-state index is 12.8. The van der Waals surface area contributed by atoms with Crippen LogP contribution >= 0.6 is 0 Å². The minimum atomic E-state index is -3.73. The third-order valence-electron chi connectivity index (χ3n) is 4.86. The normalized spacial score (nSPS) is 18.0. The number of nitrogens with zero attached hydrogens (tertiary/aromatic N) is 2. The SMILES string of the molecule is Cc1nn(C)c(C)c1S(=O)(=O)Nc1ccc2c(c1)OC1(CCCC1)O2. The molecule has 7 nitrogen and oxygen atoms in total. The van der Waals surface area contributed by atoms with Gasteiger partial charge in [0.1, 0.15) is 4.90 Å². The fourth-order valence-corrected chi connectivity index (χ4v) is 5.11. The second-order valence-electron chi connectivity index (χ2n) is 6.71. The Morgan fingerprint density at radius 1 is 1.16 bits per heavy atom. The highest BCUT2D eigenvalue weighted by Crippen LogP contribution is 2.47. The average molecular weight is 363 g/mol. The maximum absolute atomic E-state index is 12.8. The molecule has 0 saturated heterocycles. The molecule has 0 radical (unpaired) electrons. The lowest BCUT2D eigenvalue weighted by Crippen LogP contribution is -2.34. The fourth-order valence-electron chi connectivity index (χ4n) is 3.62. The average Bonchev–Trinajstić information content (AvgIpc) is 3.18. The first-order valence-electron chi connectivity index (χ1n) is 8.35. The third kappa shape index (κ3) is 2.64. The summed E-state index contributed by atoms with van der Waals surface area (Å²) in [5.74, 6) is 0.691. The van der Waals surface area contributed by atoms with E-state index in [1.54, 1.807) is 43.8 Å².